The fourth-order valence-corrected chi connectivity index (χ4v) is 3.44. The van der Waals surface area contributed by atoms with Crippen molar-refractivity contribution < 1.29 is 4.79 Å². The molecule has 26 heavy (non-hydrogen) atoms. The highest BCUT2D eigenvalue weighted by molar-refractivity contribution is 5.98. The maximum absolute atomic E-state index is 12.4. The van der Waals surface area contributed by atoms with Gasteiger partial charge in [-0.25, -0.2) is 0 Å². The monoisotopic (exact) mass is 345 g/mol. The molecule has 2 aromatic carbocycles. The number of amides is 1. The van der Waals surface area contributed by atoms with E-state index in [1.807, 2.05) is 41.4 Å². The summed E-state index contributed by atoms with van der Waals surface area (Å²) in [7, 11) is 0. The van der Waals surface area contributed by atoms with Gasteiger partial charge in [-0.05, 0) is 47.9 Å². The molecule has 0 unspecified atom stereocenters. The standard InChI is InChI=1S/C22H23N3O/c1-2-3-10-25-15-18-12-19(8-9-20(18)22(25)26)23-13-16-11-17-6-4-5-7-21(17)24-14-16/h4-9,11-12,14,23H,2-3,10,13,15H2,1H3. The molecule has 0 saturated carbocycles. The molecule has 0 bridgehead atoms. The lowest BCUT2D eigenvalue weighted by atomic mass is 10.1. The largest absolute Gasteiger partial charge is 0.381 e. The van der Waals surface area contributed by atoms with Gasteiger partial charge in [0.25, 0.3) is 5.91 Å². The van der Waals surface area contributed by atoms with E-state index in [0.29, 0.717) is 6.54 Å². The van der Waals surface area contributed by atoms with Gasteiger partial charge in [0.15, 0.2) is 0 Å². The lowest BCUT2D eigenvalue weighted by molar-refractivity contribution is 0.0776. The zero-order valence-electron chi connectivity index (χ0n) is 15.0. The topological polar surface area (TPSA) is 45.2 Å². The molecule has 0 atom stereocenters. The third-order valence-electron chi connectivity index (χ3n) is 4.91. The average molecular weight is 345 g/mol. The number of pyridine rings is 1. The number of nitrogens with one attached hydrogen (secondary N) is 1. The number of benzene rings is 2. The van der Waals surface area contributed by atoms with Gasteiger partial charge in [0.2, 0.25) is 0 Å². The molecule has 4 heteroatoms. The Hall–Kier alpha value is -2.88. The van der Waals surface area contributed by atoms with Gasteiger partial charge in [-0.15, -0.1) is 0 Å². The predicted molar refractivity (Wildman–Crippen MR) is 105 cm³/mol. The van der Waals surface area contributed by atoms with Gasteiger partial charge in [0.1, 0.15) is 0 Å². The van der Waals surface area contributed by atoms with E-state index in [1.165, 1.54) is 0 Å². The van der Waals surface area contributed by atoms with E-state index in [1.54, 1.807) is 0 Å². The van der Waals surface area contributed by atoms with Gasteiger partial charge < -0.3 is 10.2 Å². The second-order valence-corrected chi connectivity index (χ2v) is 6.84. The van der Waals surface area contributed by atoms with E-state index in [9.17, 15) is 4.79 Å². The van der Waals surface area contributed by atoms with Crippen LogP contribution in [0.25, 0.3) is 10.9 Å². The van der Waals surface area contributed by atoms with Crippen molar-refractivity contribution in [2.24, 2.45) is 0 Å². The summed E-state index contributed by atoms with van der Waals surface area (Å²) in [5.74, 6) is 0.165. The fourth-order valence-electron chi connectivity index (χ4n) is 3.44. The summed E-state index contributed by atoms with van der Waals surface area (Å²) < 4.78 is 0. The van der Waals surface area contributed by atoms with E-state index in [2.05, 4.69) is 35.4 Å². The van der Waals surface area contributed by atoms with Crippen LogP contribution in [0, 0.1) is 0 Å². The van der Waals surface area contributed by atoms with E-state index in [0.717, 1.165) is 59.2 Å². The number of nitrogens with zero attached hydrogens (tertiary/aromatic N) is 2. The number of hydrogen-bond donors (Lipinski definition) is 1. The number of carbonyl (C=O) groups excluding carboxylic acids is 1. The fraction of sp³-hybridized carbons (Fsp3) is 0.273. The molecule has 4 nitrogen and oxygen atoms in total. The lowest BCUT2D eigenvalue weighted by Crippen LogP contribution is -2.24. The van der Waals surface area contributed by atoms with Crippen LogP contribution in [0.15, 0.2) is 54.7 Å². The summed E-state index contributed by atoms with van der Waals surface area (Å²) >= 11 is 0. The van der Waals surface area contributed by atoms with Crippen LogP contribution in [0.3, 0.4) is 0 Å². The van der Waals surface area contributed by atoms with Gasteiger partial charge in [-0.1, -0.05) is 31.5 Å². The van der Waals surface area contributed by atoms with Crippen LogP contribution >= 0.6 is 0 Å². The minimum Gasteiger partial charge on any atom is -0.381 e. The summed E-state index contributed by atoms with van der Waals surface area (Å²) in [6.07, 6.45) is 4.07. The molecule has 4 rings (SSSR count). The number of carbonyl (C=O) groups is 1. The SMILES string of the molecule is CCCCN1Cc2cc(NCc3cnc4ccccc4c3)ccc2C1=O. The molecule has 2 heterocycles. The van der Waals surface area contributed by atoms with Crippen LogP contribution in [0.4, 0.5) is 5.69 Å². The maximum Gasteiger partial charge on any atom is 0.254 e. The Kier molecular flexibility index (Phi) is 4.57. The number of fused-ring (bicyclic) bond motifs is 2. The van der Waals surface area contributed by atoms with Gasteiger partial charge in [-0.2, -0.15) is 0 Å². The molecule has 1 amide bonds. The van der Waals surface area contributed by atoms with Gasteiger partial charge in [0, 0.05) is 42.5 Å². The average Bonchev–Trinajstić information content (AvgIpc) is 2.99. The number of para-hydroxylation sites is 1. The zero-order chi connectivity index (χ0) is 17.9. The van der Waals surface area contributed by atoms with Crippen LogP contribution in [-0.2, 0) is 13.1 Å². The molecule has 0 fully saturated rings. The summed E-state index contributed by atoms with van der Waals surface area (Å²) in [5.41, 5.74) is 5.16. The van der Waals surface area contributed by atoms with Gasteiger partial charge in [-0.3, -0.25) is 9.78 Å². The summed E-state index contributed by atoms with van der Waals surface area (Å²) in [5, 5.41) is 4.61. The van der Waals surface area contributed by atoms with E-state index >= 15 is 0 Å². The second kappa shape index (κ2) is 7.16. The number of unbranched alkanes of at least 4 members (excludes halogenated alkanes) is 1. The van der Waals surface area contributed by atoms with Crippen LogP contribution in [-0.4, -0.2) is 22.3 Å². The normalized spacial score (nSPS) is 13.3. The molecule has 1 aliphatic rings. The predicted octanol–water partition coefficient (Wildman–Crippen LogP) is 4.60. The molecule has 3 aromatic rings. The lowest BCUT2D eigenvalue weighted by Gasteiger charge is -2.14. The molecule has 1 aliphatic heterocycles. The van der Waals surface area contributed by atoms with Crippen molar-refractivity contribution in [1.82, 2.24) is 9.88 Å². The first-order valence-electron chi connectivity index (χ1n) is 9.24. The molecule has 0 spiro atoms. The third-order valence-corrected chi connectivity index (χ3v) is 4.91. The van der Waals surface area contributed by atoms with Crippen molar-refractivity contribution in [3.8, 4) is 0 Å². The van der Waals surface area contributed by atoms with Crippen LogP contribution in [0.2, 0.25) is 0 Å². The Bertz CT molecular complexity index is 951. The Balaban J connectivity index is 1.45. The molecule has 1 aromatic heterocycles. The minimum absolute atomic E-state index is 0.165. The summed E-state index contributed by atoms with van der Waals surface area (Å²) in [6, 6.07) is 16.4. The Morgan fingerprint density at radius 2 is 2.04 bits per heavy atom. The number of hydrogen-bond acceptors (Lipinski definition) is 3. The van der Waals surface area contributed by atoms with Crippen LogP contribution < -0.4 is 5.32 Å². The minimum atomic E-state index is 0.165. The summed E-state index contributed by atoms with van der Waals surface area (Å²) in [4.78, 5) is 18.9. The van der Waals surface area contributed by atoms with E-state index < -0.39 is 0 Å². The van der Waals surface area contributed by atoms with Crippen molar-refractivity contribution >= 4 is 22.5 Å². The smallest absolute Gasteiger partial charge is 0.254 e. The van der Waals surface area contributed by atoms with Crippen LogP contribution in [0.5, 0.6) is 0 Å². The first-order chi connectivity index (χ1) is 12.7. The highest BCUT2D eigenvalue weighted by Gasteiger charge is 2.26. The zero-order valence-corrected chi connectivity index (χ0v) is 15.0. The molecule has 1 N–H and O–H groups in total. The first kappa shape index (κ1) is 16.6. The van der Waals surface area contributed by atoms with Crippen LogP contribution in [0.1, 0.15) is 41.3 Å². The Labute approximate surface area is 153 Å². The second-order valence-electron chi connectivity index (χ2n) is 6.84. The molecular weight excluding hydrogens is 322 g/mol. The summed E-state index contributed by atoms with van der Waals surface area (Å²) in [6.45, 7) is 4.43. The molecule has 0 radical (unpaired) electrons. The maximum atomic E-state index is 12.4. The van der Waals surface area contributed by atoms with Gasteiger partial charge in [0.05, 0.1) is 5.52 Å². The van der Waals surface area contributed by atoms with Crippen molar-refractivity contribution in [1.29, 1.82) is 0 Å². The molecule has 0 saturated heterocycles. The van der Waals surface area contributed by atoms with E-state index in [-0.39, 0.29) is 5.91 Å². The van der Waals surface area contributed by atoms with Crippen molar-refractivity contribution in [2.75, 3.05) is 11.9 Å². The quantitative estimate of drug-likeness (QED) is 0.710. The highest BCUT2D eigenvalue weighted by Crippen LogP contribution is 2.26. The number of rotatable bonds is 6. The third kappa shape index (κ3) is 3.27. The molecule has 132 valence electrons. The van der Waals surface area contributed by atoms with Gasteiger partial charge >= 0.3 is 0 Å². The number of aromatic nitrogens is 1. The number of anilines is 1. The molecule has 0 aliphatic carbocycles. The highest BCUT2D eigenvalue weighted by atomic mass is 16.2. The van der Waals surface area contributed by atoms with Crippen molar-refractivity contribution in [3.05, 3.63) is 71.4 Å². The Morgan fingerprint density at radius 1 is 1.15 bits per heavy atom. The van der Waals surface area contributed by atoms with Crippen molar-refractivity contribution in [3.63, 3.8) is 0 Å². The Morgan fingerprint density at radius 3 is 2.92 bits per heavy atom. The first-order valence-corrected chi connectivity index (χ1v) is 9.24. The molecular formula is C22H23N3O. The van der Waals surface area contributed by atoms with E-state index in [4.69, 9.17) is 0 Å². The van der Waals surface area contributed by atoms with Crippen molar-refractivity contribution in [2.45, 2.75) is 32.9 Å².